The van der Waals surface area contributed by atoms with Crippen LogP contribution in [0.2, 0.25) is 39.3 Å². The summed E-state index contributed by atoms with van der Waals surface area (Å²) in [5, 5.41) is 0. The molecule has 0 aromatic heterocycles. The van der Waals surface area contributed by atoms with Gasteiger partial charge in [0.05, 0.1) is 0 Å². The van der Waals surface area contributed by atoms with Crippen LogP contribution in [0.1, 0.15) is 34.6 Å². The van der Waals surface area contributed by atoms with Crippen molar-refractivity contribution >= 4 is 21.3 Å². The Morgan fingerprint density at radius 3 is 1.43 bits per heavy atom. The molecule has 0 amide bonds. The Bertz CT molecular complexity index is 163. The van der Waals surface area contributed by atoms with Crippen LogP contribution in [0.25, 0.3) is 0 Å². The number of rotatable bonds is 4. The molecule has 0 aliphatic rings. The quantitative estimate of drug-likeness (QED) is 0.622. The molecule has 0 aliphatic carbocycles. The van der Waals surface area contributed by atoms with Crippen LogP contribution in [0.5, 0.6) is 0 Å². The van der Waals surface area contributed by atoms with Gasteiger partial charge in [-0.3, -0.25) is 0 Å². The fourth-order valence-corrected chi connectivity index (χ4v) is 22.9. The van der Waals surface area contributed by atoms with Gasteiger partial charge in [-0.25, -0.2) is 0 Å². The molecule has 0 radical (unpaired) electrons. The molecule has 0 saturated carbocycles. The molecule has 86 valence electrons. The first-order chi connectivity index (χ1) is 6.04. The second-order valence-electron chi connectivity index (χ2n) is 6.67. The molecule has 0 rings (SSSR count). The zero-order chi connectivity index (χ0) is 11.7. The predicted molar refractivity (Wildman–Crippen MR) is 74.6 cm³/mol. The first-order valence-electron chi connectivity index (χ1n) is 6.04. The molecule has 2 heteroatoms. The Balaban J connectivity index is 4.85. The summed E-state index contributed by atoms with van der Waals surface area (Å²) in [6.45, 7) is 17.5. The van der Waals surface area contributed by atoms with Crippen molar-refractivity contribution in [3.8, 4) is 0 Å². The van der Waals surface area contributed by atoms with Gasteiger partial charge in [0, 0.05) is 0 Å². The monoisotopic (exact) mass is 276 g/mol. The molecule has 0 unspecified atom stereocenters. The van der Waals surface area contributed by atoms with E-state index in [2.05, 4.69) is 59.2 Å². The summed E-state index contributed by atoms with van der Waals surface area (Å²) in [5.41, 5.74) is 0.932. The third kappa shape index (κ3) is 2.88. The van der Waals surface area contributed by atoms with Crippen LogP contribution in [0.15, 0.2) is 0 Å². The molecule has 0 bridgehead atoms. The normalized spacial score (nSPS) is 16.5. The Morgan fingerprint density at radius 2 is 1.21 bits per heavy atom. The maximum absolute atomic E-state index is 2.63. The third-order valence-electron chi connectivity index (χ3n) is 5.21. The van der Waals surface area contributed by atoms with Gasteiger partial charge in [0.2, 0.25) is 0 Å². The van der Waals surface area contributed by atoms with Crippen LogP contribution < -0.4 is 0 Å². The van der Waals surface area contributed by atoms with E-state index in [0.717, 1.165) is 14.7 Å². The van der Waals surface area contributed by atoms with Gasteiger partial charge in [-0.1, -0.05) is 0 Å². The van der Waals surface area contributed by atoms with Crippen molar-refractivity contribution < 1.29 is 0 Å². The van der Waals surface area contributed by atoms with E-state index in [0.29, 0.717) is 0 Å². The van der Waals surface area contributed by atoms with Gasteiger partial charge in [0.15, 0.2) is 0 Å². The molecule has 0 N–H and O–H groups in total. The minimum atomic E-state index is -1.55. The van der Waals surface area contributed by atoms with Crippen molar-refractivity contribution in [3.05, 3.63) is 0 Å². The second-order valence-corrected chi connectivity index (χ2v) is 25.4. The molecule has 0 aromatic rings. The van der Waals surface area contributed by atoms with E-state index in [-0.39, 0.29) is 0 Å². The Hall–Kier alpha value is 0.760. The fraction of sp³-hybridized carbons (Fsp3) is 1.00. The van der Waals surface area contributed by atoms with Crippen LogP contribution in [0, 0.1) is 0 Å². The summed E-state index contributed by atoms with van der Waals surface area (Å²) >= 11 is -1.55. The summed E-state index contributed by atoms with van der Waals surface area (Å²) in [6.07, 6.45) is 0. The standard InChI is InChI=1S/C12H30GeSi/c1-10(2)13(6,7)12(5)14(8,9)11(3)4/h10-12H,1-9H3/t12-/m1/s1. The van der Waals surface area contributed by atoms with E-state index in [9.17, 15) is 0 Å². The van der Waals surface area contributed by atoms with Gasteiger partial charge in [-0.2, -0.15) is 0 Å². The Kier molecular flexibility index (Phi) is 4.99. The van der Waals surface area contributed by atoms with E-state index in [1.165, 1.54) is 0 Å². The summed E-state index contributed by atoms with van der Waals surface area (Å²) in [6, 6.07) is 0. The van der Waals surface area contributed by atoms with Crippen molar-refractivity contribution in [2.75, 3.05) is 0 Å². The molecule has 14 heavy (non-hydrogen) atoms. The van der Waals surface area contributed by atoms with Crippen molar-refractivity contribution in [2.45, 2.75) is 73.9 Å². The molecule has 0 nitrogen and oxygen atoms in total. The summed E-state index contributed by atoms with van der Waals surface area (Å²) in [5.74, 6) is 5.26. The van der Waals surface area contributed by atoms with Crippen molar-refractivity contribution in [2.24, 2.45) is 0 Å². The van der Waals surface area contributed by atoms with Crippen molar-refractivity contribution in [1.82, 2.24) is 0 Å². The Labute approximate surface area is 95.2 Å². The van der Waals surface area contributed by atoms with Crippen LogP contribution in [-0.2, 0) is 0 Å². The number of hydrogen-bond donors (Lipinski definition) is 0. The third-order valence-corrected chi connectivity index (χ3v) is 29.9. The number of hydrogen-bond acceptors (Lipinski definition) is 0. The molecule has 1 atom stereocenters. The molecule has 0 spiro atoms. The second kappa shape index (κ2) is 4.73. The van der Waals surface area contributed by atoms with E-state index in [4.69, 9.17) is 0 Å². The molecule has 0 aromatic carbocycles. The van der Waals surface area contributed by atoms with Gasteiger partial charge in [-0.15, -0.1) is 0 Å². The molecule has 0 saturated heterocycles. The van der Waals surface area contributed by atoms with Crippen LogP contribution in [0.3, 0.4) is 0 Å². The predicted octanol–water partition coefficient (Wildman–Crippen LogP) is 5.15. The first-order valence-corrected chi connectivity index (χ1v) is 15.8. The van der Waals surface area contributed by atoms with Gasteiger partial charge in [0.1, 0.15) is 0 Å². The van der Waals surface area contributed by atoms with E-state index in [1.807, 2.05) is 0 Å². The summed E-state index contributed by atoms with van der Waals surface area (Å²) in [7, 11) is -0.999. The van der Waals surface area contributed by atoms with Crippen LogP contribution >= 0.6 is 0 Å². The van der Waals surface area contributed by atoms with Gasteiger partial charge < -0.3 is 0 Å². The molecular weight excluding hydrogens is 245 g/mol. The zero-order valence-electron chi connectivity index (χ0n) is 11.7. The van der Waals surface area contributed by atoms with Gasteiger partial charge in [0.25, 0.3) is 0 Å². The first kappa shape index (κ1) is 14.8. The van der Waals surface area contributed by atoms with E-state index >= 15 is 0 Å². The average molecular weight is 275 g/mol. The molecule has 0 fully saturated rings. The molecular formula is C12H30GeSi. The topological polar surface area (TPSA) is 0 Å². The van der Waals surface area contributed by atoms with Gasteiger partial charge >= 0.3 is 95.2 Å². The zero-order valence-corrected chi connectivity index (χ0v) is 14.8. The maximum atomic E-state index is 2.63. The van der Waals surface area contributed by atoms with Crippen LogP contribution in [0.4, 0.5) is 0 Å². The van der Waals surface area contributed by atoms with Crippen molar-refractivity contribution in [3.63, 3.8) is 0 Å². The fourth-order valence-electron chi connectivity index (χ4n) is 1.96. The van der Waals surface area contributed by atoms with E-state index in [1.54, 1.807) is 0 Å². The van der Waals surface area contributed by atoms with E-state index < -0.39 is 21.3 Å². The van der Waals surface area contributed by atoms with Crippen molar-refractivity contribution in [1.29, 1.82) is 0 Å². The summed E-state index contributed by atoms with van der Waals surface area (Å²) < 4.78 is 2.04. The SMILES string of the molecule is CC(C)[Si](C)(C)[C@H](C)[Ge]([CH3])([CH3])[CH](C)C. The summed E-state index contributed by atoms with van der Waals surface area (Å²) in [4.78, 5) is 0. The molecule has 0 aliphatic heterocycles. The van der Waals surface area contributed by atoms with Gasteiger partial charge in [-0.05, 0) is 0 Å². The Morgan fingerprint density at radius 1 is 0.857 bits per heavy atom. The molecule has 0 heterocycles. The average Bonchev–Trinajstić information content (AvgIpc) is 2.02. The van der Waals surface area contributed by atoms with Crippen LogP contribution in [-0.4, -0.2) is 21.3 Å². The minimum absolute atomic E-state index is 0.932.